The fourth-order valence-corrected chi connectivity index (χ4v) is 7.07. The number of alkyl halides is 1. The molecule has 11 heteroatoms. The zero-order chi connectivity index (χ0) is 27.7. The van der Waals surface area contributed by atoms with Crippen LogP contribution in [0.25, 0.3) is 0 Å². The van der Waals surface area contributed by atoms with Gasteiger partial charge in [-0.2, -0.15) is 0 Å². The maximum atomic E-state index is 13.9. The van der Waals surface area contributed by atoms with Gasteiger partial charge < -0.3 is 34.9 Å². The lowest BCUT2D eigenvalue weighted by Crippen LogP contribution is -2.54. The van der Waals surface area contributed by atoms with Crippen LogP contribution in [0.15, 0.2) is 48.5 Å². The van der Waals surface area contributed by atoms with E-state index in [0.717, 1.165) is 0 Å². The van der Waals surface area contributed by atoms with Crippen LogP contribution in [0, 0.1) is 11.8 Å². The molecule has 3 unspecified atom stereocenters. The molecule has 3 saturated heterocycles. The summed E-state index contributed by atoms with van der Waals surface area (Å²) in [6, 6.07) is 12.9. The molecule has 1 spiro atoms. The van der Waals surface area contributed by atoms with Crippen LogP contribution >= 0.6 is 15.9 Å². The summed E-state index contributed by atoms with van der Waals surface area (Å²) >= 11 is 3.66. The Morgan fingerprint density at radius 3 is 2.28 bits per heavy atom. The minimum absolute atomic E-state index is 0.138. The first-order chi connectivity index (χ1) is 18.8. The largest absolute Gasteiger partial charge is 0.497 e. The van der Waals surface area contributed by atoms with E-state index in [2.05, 4.69) is 26.6 Å². The maximum absolute atomic E-state index is 13.9. The Morgan fingerprint density at radius 1 is 1.08 bits per heavy atom. The summed E-state index contributed by atoms with van der Waals surface area (Å²) in [4.78, 5) is 42.5. The molecule has 3 aliphatic rings. The van der Waals surface area contributed by atoms with Gasteiger partial charge in [0, 0.05) is 29.4 Å². The second kappa shape index (κ2) is 11.1. The van der Waals surface area contributed by atoms with Gasteiger partial charge in [0.15, 0.2) is 0 Å². The minimum atomic E-state index is -1.18. The first-order valence-corrected chi connectivity index (χ1v) is 14.0. The van der Waals surface area contributed by atoms with Gasteiger partial charge in [-0.3, -0.25) is 14.4 Å². The number of aliphatic hydroxyl groups excluding tert-OH is 1. The van der Waals surface area contributed by atoms with Crippen LogP contribution in [0.1, 0.15) is 19.8 Å². The van der Waals surface area contributed by atoms with Crippen molar-refractivity contribution in [2.24, 2.45) is 11.8 Å². The number of anilines is 2. The summed E-state index contributed by atoms with van der Waals surface area (Å²) in [5.41, 5.74) is -0.0614. The number of nitrogens with zero attached hydrogens (tertiary/aromatic N) is 1. The van der Waals surface area contributed by atoms with Crippen molar-refractivity contribution >= 4 is 45.0 Å². The van der Waals surface area contributed by atoms with Gasteiger partial charge >= 0.3 is 0 Å². The molecular weight excluding hydrogens is 570 g/mol. The zero-order valence-corrected chi connectivity index (χ0v) is 23.3. The molecule has 0 radical (unpaired) electrons. The number of amides is 3. The number of carbonyl (C=O) groups is 3. The van der Waals surface area contributed by atoms with Crippen molar-refractivity contribution in [2.75, 3.05) is 37.5 Å². The molecule has 2 bridgehead atoms. The Hall–Kier alpha value is -3.15. The summed E-state index contributed by atoms with van der Waals surface area (Å²) < 4.78 is 17.1. The number of aliphatic hydroxyl groups is 1. The maximum Gasteiger partial charge on any atom is 0.250 e. The van der Waals surface area contributed by atoms with Crippen molar-refractivity contribution < 1.29 is 33.7 Å². The number of benzene rings is 2. The first kappa shape index (κ1) is 27.4. The molecule has 3 heterocycles. The average Bonchev–Trinajstić information content (AvgIpc) is 3.52. The number of hydrogen-bond donors (Lipinski definition) is 3. The molecule has 3 aliphatic heterocycles. The second-order valence-corrected chi connectivity index (χ2v) is 11.1. The molecule has 3 N–H and O–H groups in total. The topological polar surface area (TPSA) is 126 Å². The molecule has 0 aliphatic carbocycles. The van der Waals surface area contributed by atoms with Crippen LogP contribution in [-0.2, 0) is 19.1 Å². The number of nitrogens with one attached hydrogen (secondary N) is 2. The van der Waals surface area contributed by atoms with Gasteiger partial charge in [-0.05, 0) is 68.3 Å². The van der Waals surface area contributed by atoms with Crippen molar-refractivity contribution in [1.82, 2.24) is 4.90 Å². The van der Waals surface area contributed by atoms with Crippen molar-refractivity contribution in [1.29, 1.82) is 0 Å². The quantitative estimate of drug-likeness (QED) is 0.357. The molecule has 2 aromatic rings. The minimum Gasteiger partial charge on any atom is -0.497 e. The normalized spacial score (nSPS) is 28.8. The van der Waals surface area contributed by atoms with Gasteiger partial charge in [0.1, 0.15) is 23.1 Å². The molecule has 39 heavy (non-hydrogen) atoms. The van der Waals surface area contributed by atoms with E-state index in [4.69, 9.17) is 14.2 Å². The van der Waals surface area contributed by atoms with E-state index in [1.807, 2.05) is 6.92 Å². The van der Waals surface area contributed by atoms with Crippen molar-refractivity contribution in [3.8, 4) is 11.5 Å². The molecule has 6 atom stereocenters. The second-order valence-electron chi connectivity index (χ2n) is 9.94. The summed E-state index contributed by atoms with van der Waals surface area (Å²) in [6.07, 6.45) is 0.125. The monoisotopic (exact) mass is 601 g/mol. The first-order valence-electron chi connectivity index (χ1n) is 13.0. The van der Waals surface area contributed by atoms with Crippen molar-refractivity contribution in [2.45, 2.75) is 42.3 Å². The number of hydrogen-bond acceptors (Lipinski definition) is 7. The lowest BCUT2D eigenvalue weighted by atomic mass is 9.70. The van der Waals surface area contributed by atoms with E-state index < -0.39 is 35.5 Å². The van der Waals surface area contributed by atoms with Crippen LogP contribution in [0.3, 0.4) is 0 Å². The van der Waals surface area contributed by atoms with Gasteiger partial charge in [0.2, 0.25) is 17.7 Å². The number of rotatable bonds is 10. The van der Waals surface area contributed by atoms with E-state index in [0.29, 0.717) is 42.3 Å². The highest BCUT2D eigenvalue weighted by atomic mass is 79.9. The number of halogens is 1. The summed E-state index contributed by atoms with van der Waals surface area (Å²) in [5.74, 6) is -1.34. The molecular formula is C28H32BrN3O7. The van der Waals surface area contributed by atoms with Crippen LogP contribution in [0.5, 0.6) is 11.5 Å². The predicted octanol–water partition coefficient (Wildman–Crippen LogP) is 2.80. The van der Waals surface area contributed by atoms with Crippen LogP contribution < -0.4 is 20.1 Å². The number of methoxy groups -OCH3 is 1. The van der Waals surface area contributed by atoms with E-state index in [-0.39, 0.29) is 29.8 Å². The predicted molar refractivity (Wildman–Crippen MR) is 147 cm³/mol. The average molecular weight is 602 g/mol. The molecule has 208 valence electrons. The molecule has 3 amide bonds. The number of fused-ring (bicyclic) bond motifs is 1. The van der Waals surface area contributed by atoms with E-state index in [1.165, 1.54) is 4.90 Å². The summed E-state index contributed by atoms with van der Waals surface area (Å²) in [6.45, 7) is 2.46. The Labute approximate surface area is 235 Å². The molecule has 3 fully saturated rings. The van der Waals surface area contributed by atoms with Crippen molar-refractivity contribution in [3.63, 3.8) is 0 Å². The Bertz CT molecular complexity index is 1220. The molecule has 10 nitrogen and oxygen atoms in total. The highest BCUT2D eigenvalue weighted by Gasteiger charge is 2.76. The van der Waals surface area contributed by atoms with E-state index in [9.17, 15) is 19.5 Å². The fraction of sp³-hybridized carbons (Fsp3) is 0.464. The SMILES string of the molecule is CCOc1ccc(NC(=O)[C@H]2[C@H]3C(=O)N(CCCO)C(C(=O)Nc4ccc(OC)cc4)C34CC(Br)[C@@H]2O4)cc1. The molecule has 5 rings (SSSR count). The Kier molecular flexibility index (Phi) is 7.84. The van der Waals surface area contributed by atoms with Gasteiger partial charge in [-0.15, -0.1) is 0 Å². The van der Waals surface area contributed by atoms with Gasteiger partial charge in [0.05, 0.1) is 31.7 Å². The third kappa shape index (κ3) is 4.87. The van der Waals surface area contributed by atoms with Crippen LogP contribution in [0.2, 0.25) is 0 Å². The Balaban J connectivity index is 1.43. The molecule has 2 aromatic carbocycles. The van der Waals surface area contributed by atoms with E-state index in [1.54, 1.807) is 55.6 Å². The highest BCUT2D eigenvalue weighted by molar-refractivity contribution is 9.09. The van der Waals surface area contributed by atoms with E-state index >= 15 is 0 Å². The van der Waals surface area contributed by atoms with Gasteiger partial charge in [-0.25, -0.2) is 0 Å². The highest BCUT2D eigenvalue weighted by Crippen LogP contribution is 2.60. The molecule has 0 saturated carbocycles. The Morgan fingerprint density at radius 2 is 1.69 bits per heavy atom. The third-order valence-corrected chi connectivity index (χ3v) is 8.53. The lowest BCUT2D eigenvalue weighted by molar-refractivity contribution is -0.139. The zero-order valence-electron chi connectivity index (χ0n) is 21.8. The number of ether oxygens (including phenoxy) is 3. The van der Waals surface area contributed by atoms with Gasteiger partial charge in [0.25, 0.3) is 0 Å². The number of likely N-dealkylation sites (tertiary alicyclic amines) is 1. The van der Waals surface area contributed by atoms with Crippen LogP contribution in [-0.4, -0.2) is 77.2 Å². The standard InChI is InChI=1S/C28H32BrN3O7/c1-3-38-19-11-7-16(8-12-19)30-25(34)21-22-27(36)32(13-4-14-33)24(28(22)15-20(29)23(21)39-28)26(35)31-17-5-9-18(37-2)10-6-17/h5-12,20-24,33H,3-4,13-15H2,1-2H3,(H,30,34)(H,31,35)/t20?,21-,22-,23-,24?,28?/m0/s1. The number of carbonyl (C=O) groups excluding carboxylic acids is 3. The lowest BCUT2D eigenvalue weighted by Gasteiger charge is -2.34. The van der Waals surface area contributed by atoms with Crippen LogP contribution in [0.4, 0.5) is 11.4 Å². The summed E-state index contributed by atoms with van der Waals surface area (Å²) in [7, 11) is 1.56. The van der Waals surface area contributed by atoms with Crippen molar-refractivity contribution in [3.05, 3.63) is 48.5 Å². The smallest absolute Gasteiger partial charge is 0.250 e. The summed E-state index contributed by atoms with van der Waals surface area (Å²) in [5, 5.41) is 15.3. The molecule has 0 aromatic heterocycles. The van der Waals surface area contributed by atoms with Gasteiger partial charge in [-0.1, -0.05) is 15.9 Å². The third-order valence-electron chi connectivity index (χ3n) is 7.69. The fourth-order valence-electron chi connectivity index (χ4n) is 6.12.